The summed E-state index contributed by atoms with van der Waals surface area (Å²) in [6.45, 7) is 5.77. The Balaban J connectivity index is 2.10. The van der Waals surface area contributed by atoms with E-state index in [1.54, 1.807) is 7.11 Å². The fourth-order valence-corrected chi connectivity index (χ4v) is 1.93. The van der Waals surface area contributed by atoms with Crippen molar-refractivity contribution in [2.45, 2.75) is 26.9 Å². The molecule has 0 saturated heterocycles. The molecule has 2 aromatic rings. The molecule has 2 rings (SSSR count). The van der Waals surface area contributed by atoms with Gasteiger partial charge in [-0.1, -0.05) is 6.07 Å². The summed E-state index contributed by atoms with van der Waals surface area (Å²) in [7, 11) is 1.69. The standard InChI is InChI=1S/C14H19N3O/c1-4-17-12(7-8-16-17)10-15-13-6-5-11(2)9-14(13)18-3/h5-9,15H,4,10H2,1-3H3. The maximum atomic E-state index is 5.37. The van der Waals surface area contributed by atoms with E-state index in [9.17, 15) is 0 Å². The number of nitrogens with one attached hydrogen (secondary N) is 1. The van der Waals surface area contributed by atoms with Gasteiger partial charge in [-0.3, -0.25) is 4.68 Å². The van der Waals surface area contributed by atoms with Gasteiger partial charge in [0.15, 0.2) is 0 Å². The van der Waals surface area contributed by atoms with Crippen LogP contribution in [0.3, 0.4) is 0 Å². The van der Waals surface area contributed by atoms with Crippen LogP contribution in [0, 0.1) is 6.92 Å². The Kier molecular flexibility index (Phi) is 3.87. The van der Waals surface area contributed by atoms with Gasteiger partial charge in [0.05, 0.1) is 25.0 Å². The van der Waals surface area contributed by atoms with Crippen molar-refractivity contribution in [3.8, 4) is 5.75 Å². The minimum Gasteiger partial charge on any atom is -0.495 e. The number of benzene rings is 1. The number of anilines is 1. The third-order valence-electron chi connectivity index (χ3n) is 2.92. The van der Waals surface area contributed by atoms with Gasteiger partial charge in [-0.25, -0.2) is 0 Å². The van der Waals surface area contributed by atoms with E-state index in [4.69, 9.17) is 4.74 Å². The molecular weight excluding hydrogens is 226 g/mol. The first-order valence-electron chi connectivity index (χ1n) is 6.13. The lowest BCUT2D eigenvalue weighted by Crippen LogP contribution is -2.08. The highest BCUT2D eigenvalue weighted by Gasteiger charge is 2.04. The summed E-state index contributed by atoms with van der Waals surface area (Å²) in [5.41, 5.74) is 3.36. The molecule has 1 aromatic carbocycles. The molecule has 4 nitrogen and oxygen atoms in total. The molecule has 0 saturated carbocycles. The summed E-state index contributed by atoms with van der Waals surface area (Å²) in [5, 5.41) is 7.63. The zero-order valence-electron chi connectivity index (χ0n) is 11.1. The van der Waals surface area contributed by atoms with Crippen molar-refractivity contribution in [2.24, 2.45) is 0 Å². The van der Waals surface area contributed by atoms with Crippen LogP contribution in [-0.2, 0) is 13.1 Å². The fraction of sp³-hybridized carbons (Fsp3) is 0.357. The van der Waals surface area contributed by atoms with Gasteiger partial charge >= 0.3 is 0 Å². The van der Waals surface area contributed by atoms with Gasteiger partial charge in [0.2, 0.25) is 0 Å². The molecule has 0 aliphatic carbocycles. The molecule has 0 atom stereocenters. The largest absolute Gasteiger partial charge is 0.495 e. The second kappa shape index (κ2) is 5.58. The second-order valence-electron chi connectivity index (χ2n) is 4.20. The van der Waals surface area contributed by atoms with Gasteiger partial charge in [-0.05, 0) is 37.6 Å². The van der Waals surface area contributed by atoms with E-state index in [1.165, 1.54) is 11.3 Å². The van der Waals surface area contributed by atoms with Crippen molar-refractivity contribution >= 4 is 5.69 Å². The minimum absolute atomic E-state index is 0.743. The lowest BCUT2D eigenvalue weighted by atomic mass is 10.2. The van der Waals surface area contributed by atoms with Crippen molar-refractivity contribution < 1.29 is 4.74 Å². The molecule has 18 heavy (non-hydrogen) atoms. The lowest BCUT2D eigenvalue weighted by molar-refractivity contribution is 0.416. The van der Waals surface area contributed by atoms with E-state index in [2.05, 4.69) is 30.3 Å². The number of methoxy groups -OCH3 is 1. The Hall–Kier alpha value is -1.97. The van der Waals surface area contributed by atoms with Crippen LogP contribution in [0.25, 0.3) is 0 Å². The maximum absolute atomic E-state index is 5.37. The van der Waals surface area contributed by atoms with Crippen LogP contribution in [0.2, 0.25) is 0 Å². The van der Waals surface area contributed by atoms with Crippen molar-refractivity contribution in [3.63, 3.8) is 0 Å². The molecule has 0 fully saturated rings. The predicted octanol–water partition coefficient (Wildman–Crippen LogP) is 2.83. The zero-order valence-corrected chi connectivity index (χ0v) is 11.1. The normalized spacial score (nSPS) is 10.4. The first-order chi connectivity index (χ1) is 8.74. The quantitative estimate of drug-likeness (QED) is 0.880. The highest BCUT2D eigenvalue weighted by Crippen LogP contribution is 2.25. The zero-order chi connectivity index (χ0) is 13.0. The molecule has 0 amide bonds. The van der Waals surface area contributed by atoms with Gasteiger partial charge in [0, 0.05) is 12.7 Å². The van der Waals surface area contributed by atoms with Crippen LogP contribution in [0.1, 0.15) is 18.2 Å². The van der Waals surface area contributed by atoms with Gasteiger partial charge in [-0.2, -0.15) is 5.10 Å². The average Bonchev–Trinajstić information content (AvgIpc) is 2.84. The molecule has 96 valence electrons. The van der Waals surface area contributed by atoms with Gasteiger partial charge in [0.1, 0.15) is 5.75 Å². The van der Waals surface area contributed by atoms with E-state index in [0.29, 0.717) is 0 Å². The van der Waals surface area contributed by atoms with Crippen LogP contribution in [0.15, 0.2) is 30.5 Å². The number of aryl methyl sites for hydroxylation is 2. The van der Waals surface area contributed by atoms with E-state index in [-0.39, 0.29) is 0 Å². The van der Waals surface area contributed by atoms with Crippen molar-refractivity contribution in [1.82, 2.24) is 9.78 Å². The fourth-order valence-electron chi connectivity index (χ4n) is 1.93. The molecule has 1 N–H and O–H groups in total. The number of nitrogens with zero attached hydrogens (tertiary/aromatic N) is 2. The summed E-state index contributed by atoms with van der Waals surface area (Å²) in [4.78, 5) is 0. The Morgan fingerprint density at radius 1 is 1.33 bits per heavy atom. The Labute approximate surface area is 108 Å². The number of rotatable bonds is 5. The number of aromatic nitrogens is 2. The summed E-state index contributed by atoms with van der Waals surface area (Å²) >= 11 is 0. The van der Waals surface area contributed by atoms with E-state index < -0.39 is 0 Å². The van der Waals surface area contributed by atoms with Crippen LogP contribution in [-0.4, -0.2) is 16.9 Å². The van der Waals surface area contributed by atoms with Gasteiger partial charge in [0.25, 0.3) is 0 Å². The highest BCUT2D eigenvalue weighted by atomic mass is 16.5. The van der Waals surface area contributed by atoms with Crippen LogP contribution >= 0.6 is 0 Å². The summed E-state index contributed by atoms with van der Waals surface area (Å²) in [6, 6.07) is 8.17. The van der Waals surface area contributed by atoms with Crippen molar-refractivity contribution in [3.05, 3.63) is 41.7 Å². The van der Waals surface area contributed by atoms with Gasteiger partial charge < -0.3 is 10.1 Å². The number of ether oxygens (including phenoxy) is 1. The smallest absolute Gasteiger partial charge is 0.142 e. The first-order valence-corrected chi connectivity index (χ1v) is 6.13. The third-order valence-corrected chi connectivity index (χ3v) is 2.92. The summed E-state index contributed by atoms with van der Waals surface area (Å²) in [6.07, 6.45) is 1.83. The molecule has 1 heterocycles. The van der Waals surface area contributed by atoms with Crippen LogP contribution < -0.4 is 10.1 Å². The number of hydrogen-bond acceptors (Lipinski definition) is 3. The minimum atomic E-state index is 0.743. The SMILES string of the molecule is CCn1nccc1CNc1ccc(C)cc1OC. The van der Waals surface area contributed by atoms with Crippen LogP contribution in [0.4, 0.5) is 5.69 Å². The Bertz CT molecular complexity index is 520. The van der Waals surface area contributed by atoms with E-state index in [0.717, 1.165) is 24.5 Å². The molecule has 4 heteroatoms. The van der Waals surface area contributed by atoms with Crippen molar-refractivity contribution in [2.75, 3.05) is 12.4 Å². The van der Waals surface area contributed by atoms with E-state index >= 15 is 0 Å². The monoisotopic (exact) mass is 245 g/mol. The summed E-state index contributed by atoms with van der Waals surface area (Å²) < 4.78 is 7.35. The lowest BCUT2D eigenvalue weighted by Gasteiger charge is -2.12. The molecule has 0 bridgehead atoms. The molecule has 0 unspecified atom stereocenters. The summed E-state index contributed by atoms with van der Waals surface area (Å²) in [5.74, 6) is 0.873. The molecule has 0 radical (unpaired) electrons. The topological polar surface area (TPSA) is 39.1 Å². The molecule has 0 spiro atoms. The highest BCUT2D eigenvalue weighted by molar-refractivity contribution is 5.57. The van der Waals surface area contributed by atoms with Crippen molar-refractivity contribution in [1.29, 1.82) is 0 Å². The van der Waals surface area contributed by atoms with E-state index in [1.807, 2.05) is 29.1 Å². The first kappa shape index (κ1) is 12.5. The average molecular weight is 245 g/mol. The molecular formula is C14H19N3O. The number of hydrogen-bond donors (Lipinski definition) is 1. The third kappa shape index (κ3) is 2.64. The van der Waals surface area contributed by atoms with Crippen LogP contribution in [0.5, 0.6) is 5.75 Å². The van der Waals surface area contributed by atoms with Gasteiger partial charge in [-0.15, -0.1) is 0 Å². The molecule has 0 aliphatic heterocycles. The Morgan fingerprint density at radius 3 is 2.89 bits per heavy atom. The second-order valence-corrected chi connectivity index (χ2v) is 4.20. The molecule has 0 aliphatic rings. The predicted molar refractivity (Wildman–Crippen MR) is 73.0 cm³/mol. The Morgan fingerprint density at radius 2 is 2.17 bits per heavy atom. The maximum Gasteiger partial charge on any atom is 0.142 e. The molecule has 1 aromatic heterocycles.